The zero-order valence-corrected chi connectivity index (χ0v) is 9.66. The van der Waals surface area contributed by atoms with Crippen molar-refractivity contribution in [2.24, 2.45) is 0 Å². The summed E-state index contributed by atoms with van der Waals surface area (Å²) in [5.41, 5.74) is 1.29. The van der Waals surface area contributed by atoms with Gasteiger partial charge in [-0.05, 0) is 12.8 Å². The smallest absolute Gasteiger partial charge is 0.0953 e. The molecule has 0 fully saturated rings. The van der Waals surface area contributed by atoms with Crippen LogP contribution in [0.3, 0.4) is 0 Å². The van der Waals surface area contributed by atoms with E-state index < -0.39 is 0 Å². The van der Waals surface area contributed by atoms with Crippen LogP contribution in [0.25, 0.3) is 0 Å². The quantitative estimate of drug-likeness (QED) is 0.650. The van der Waals surface area contributed by atoms with E-state index in [9.17, 15) is 0 Å². The number of rotatable bonds is 5. The van der Waals surface area contributed by atoms with Crippen LogP contribution in [-0.4, -0.2) is 4.98 Å². The highest BCUT2D eigenvalue weighted by Crippen LogP contribution is 2.20. The highest BCUT2D eigenvalue weighted by Gasteiger charge is 2.04. The van der Waals surface area contributed by atoms with Crippen LogP contribution in [0, 0.1) is 0 Å². The number of aryl methyl sites for hydroxylation is 1. The minimum Gasteiger partial charge on any atom is -0.246 e. The van der Waals surface area contributed by atoms with Gasteiger partial charge in [0.05, 0.1) is 10.7 Å². The van der Waals surface area contributed by atoms with Gasteiger partial charge in [0.1, 0.15) is 0 Å². The first-order valence-corrected chi connectivity index (χ1v) is 6.06. The van der Waals surface area contributed by atoms with Crippen LogP contribution in [-0.2, 0) is 6.42 Å². The Morgan fingerprint density at radius 3 is 2.69 bits per heavy atom. The summed E-state index contributed by atoms with van der Waals surface area (Å²) in [5, 5.41) is 3.50. The molecule has 0 spiro atoms. The van der Waals surface area contributed by atoms with Crippen molar-refractivity contribution in [3.8, 4) is 0 Å². The Morgan fingerprint density at radius 2 is 2.15 bits per heavy atom. The van der Waals surface area contributed by atoms with E-state index in [1.165, 1.54) is 30.0 Å². The van der Waals surface area contributed by atoms with Crippen LogP contribution in [0.15, 0.2) is 5.38 Å². The van der Waals surface area contributed by atoms with Crippen molar-refractivity contribution >= 4 is 11.3 Å². The van der Waals surface area contributed by atoms with E-state index in [0.29, 0.717) is 5.92 Å². The van der Waals surface area contributed by atoms with Crippen molar-refractivity contribution < 1.29 is 0 Å². The Labute approximate surface area is 85.2 Å². The Kier molecular flexibility index (Phi) is 4.43. The molecule has 0 aliphatic carbocycles. The molecule has 1 aromatic heterocycles. The minimum atomic E-state index is 0.588. The molecule has 0 unspecified atom stereocenters. The number of thiazole rings is 1. The van der Waals surface area contributed by atoms with Gasteiger partial charge in [-0.2, -0.15) is 0 Å². The van der Waals surface area contributed by atoms with Crippen molar-refractivity contribution in [3.63, 3.8) is 0 Å². The average molecular weight is 197 g/mol. The summed E-state index contributed by atoms with van der Waals surface area (Å²) >= 11 is 1.80. The van der Waals surface area contributed by atoms with Gasteiger partial charge >= 0.3 is 0 Å². The third kappa shape index (κ3) is 3.47. The molecule has 2 heteroatoms. The highest BCUT2D eigenvalue weighted by molar-refractivity contribution is 7.09. The van der Waals surface area contributed by atoms with Gasteiger partial charge in [-0.1, -0.05) is 33.6 Å². The zero-order chi connectivity index (χ0) is 9.68. The van der Waals surface area contributed by atoms with Crippen LogP contribution in [0.5, 0.6) is 0 Å². The maximum absolute atomic E-state index is 4.60. The lowest BCUT2D eigenvalue weighted by atomic mass is 10.2. The molecular weight excluding hydrogens is 178 g/mol. The molecule has 74 valence electrons. The summed E-state index contributed by atoms with van der Waals surface area (Å²) in [6.07, 6.45) is 5.07. The summed E-state index contributed by atoms with van der Waals surface area (Å²) in [5.74, 6) is 0.588. The second-order valence-electron chi connectivity index (χ2n) is 3.79. The first kappa shape index (κ1) is 10.7. The van der Waals surface area contributed by atoms with Crippen LogP contribution < -0.4 is 0 Å². The first-order valence-electron chi connectivity index (χ1n) is 5.18. The zero-order valence-electron chi connectivity index (χ0n) is 8.84. The van der Waals surface area contributed by atoms with Crippen LogP contribution in [0.4, 0.5) is 0 Å². The average Bonchev–Trinajstić information content (AvgIpc) is 2.53. The summed E-state index contributed by atoms with van der Waals surface area (Å²) < 4.78 is 0. The minimum absolute atomic E-state index is 0.588. The fourth-order valence-electron chi connectivity index (χ4n) is 1.26. The Balaban J connectivity index is 2.40. The second kappa shape index (κ2) is 5.38. The molecule has 0 aliphatic rings. The first-order chi connectivity index (χ1) is 6.24. The van der Waals surface area contributed by atoms with E-state index >= 15 is 0 Å². The van der Waals surface area contributed by atoms with E-state index in [2.05, 4.69) is 31.1 Å². The van der Waals surface area contributed by atoms with E-state index in [-0.39, 0.29) is 0 Å². The Morgan fingerprint density at radius 1 is 1.38 bits per heavy atom. The van der Waals surface area contributed by atoms with E-state index in [4.69, 9.17) is 0 Å². The van der Waals surface area contributed by atoms with Crippen molar-refractivity contribution in [1.29, 1.82) is 0 Å². The standard InChI is InChI=1S/C11H19NS/c1-4-5-6-7-10-8-13-11(12-10)9(2)3/h8-9H,4-7H2,1-3H3. The maximum Gasteiger partial charge on any atom is 0.0953 e. The molecule has 0 aromatic carbocycles. The fraction of sp³-hybridized carbons (Fsp3) is 0.727. The van der Waals surface area contributed by atoms with Gasteiger partial charge in [0.15, 0.2) is 0 Å². The summed E-state index contributed by atoms with van der Waals surface area (Å²) in [4.78, 5) is 4.60. The van der Waals surface area contributed by atoms with Gasteiger partial charge in [0.2, 0.25) is 0 Å². The van der Waals surface area contributed by atoms with Crippen molar-refractivity contribution in [2.45, 2.75) is 52.4 Å². The second-order valence-corrected chi connectivity index (χ2v) is 4.68. The molecule has 1 nitrogen and oxygen atoms in total. The molecule has 1 aromatic rings. The molecular formula is C11H19NS. The number of hydrogen-bond acceptors (Lipinski definition) is 2. The van der Waals surface area contributed by atoms with Crippen LogP contribution in [0.1, 0.15) is 56.7 Å². The molecule has 0 aliphatic heterocycles. The fourth-order valence-corrected chi connectivity index (χ4v) is 2.13. The Hall–Kier alpha value is -0.370. The largest absolute Gasteiger partial charge is 0.246 e. The topological polar surface area (TPSA) is 12.9 Å². The van der Waals surface area contributed by atoms with Crippen molar-refractivity contribution in [2.75, 3.05) is 0 Å². The normalized spacial score (nSPS) is 11.1. The lowest BCUT2D eigenvalue weighted by Gasteiger charge is -1.97. The molecule has 0 saturated carbocycles. The predicted octanol–water partition coefficient (Wildman–Crippen LogP) is 4.00. The van der Waals surface area contributed by atoms with Gasteiger partial charge in [0.25, 0.3) is 0 Å². The molecule has 13 heavy (non-hydrogen) atoms. The molecule has 0 radical (unpaired) electrons. The molecule has 0 saturated heterocycles. The van der Waals surface area contributed by atoms with Gasteiger partial charge in [-0.25, -0.2) is 4.98 Å². The molecule has 1 rings (SSSR count). The number of aromatic nitrogens is 1. The SMILES string of the molecule is CCCCCc1csc(C(C)C)n1. The van der Waals surface area contributed by atoms with Gasteiger partial charge < -0.3 is 0 Å². The summed E-state index contributed by atoms with van der Waals surface area (Å²) in [6.45, 7) is 6.64. The Bertz CT molecular complexity index is 240. The molecule has 0 atom stereocenters. The molecule has 0 N–H and O–H groups in total. The summed E-state index contributed by atoms with van der Waals surface area (Å²) in [7, 11) is 0. The monoisotopic (exact) mass is 197 g/mol. The van der Waals surface area contributed by atoms with Gasteiger partial charge in [0, 0.05) is 11.3 Å². The number of unbranched alkanes of at least 4 members (excludes halogenated alkanes) is 2. The van der Waals surface area contributed by atoms with E-state index in [1.807, 2.05) is 0 Å². The third-order valence-electron chi connectivity index (χ3n) is 2.10. The molecule has 1 heterocycles. The lowest BCUT2D eigenvalue weighted by Crippen LogP contribution is -1.89. The van der Waals surface area contributed by atoms with E-state index in [1.54, 1.807) is 11.3 Å². The maximum atomic E-state index is 4.60. The molecule has 0 bridgehead atoms. The van der Waals surface area contributed by atoms with Crippen molar-refractivity contribution in [1.82, 2.24) is 4.98 Å². The lowest BCUT2D eigenvalue weighted by molar-refractivity contribution is 0.705. The molecule has 0 amide bonds. The number of hydrogen-bond donors (Lipinski definition) is 0. The van der Waals surface area contributed by atoms with Gasteiger partial charge in [-0.3, -0.25) is 0 Å². The predicted molar refractivity (Wildman–Crippen MR) is 59.4 cm³/mol. The summed E-state index contributed by atoms with van der Waals surface area (Å²) in [6, 6.07) is 0. The van der Waals surface area contributed by atoms with E-state index in [0.717, 1.165) is 6.42 Å². The van der Waals surface area contributed by atoms with Crippen LogP contribution >= 0.6 is 11.3 Å². The van der Waals surface area contributed by atoms with Crippen LogP contribution in [0.2, 0.25) is 0 Å². The number of nitrogens with zero attached hydrogens (tertiary/aromatic N) is 1. The third-order valence-corrected chi connectivity index (χ3v) is 3.29. The van der Waals surface area contributed by atoms with Gasteiger partial charge in [-0.15, -0.1) is 11.3 Å². The van der Waals surface area contributed by atoms with Crippen molar-refractivity contribution in [3.05, 3.63) is 16.1 Å². The highest BCUT2D eigenvalue weighted by atomic mass is 32.1.